The molecule has 25 heavy (non-hydrogen) atoms. The Bertz CT molecular complexity index is 831. The minimum atomic E-state index is 0.142. The number of nitrogens with zero attached hydrogens (tertiary/aromatic N) is 1. The molecule has 1 aliphatic rings. The van der Waals surface area contributed by atoms with Crippen LogP contribution in [0.3, 0.4) is 0 Å². The van der Waals surface area contributed by atoms with Crippen molar-refractivity contribution in [3.63, 3.8) is 0 Å². The summed E-state index contributed by atoms with van der Waals surface area (Å²) in [4.78, 5) is 14.9. The van der Waals surface area contributed by atoms with Gasteiger partial charge in [0.2, 0.25) is 0 Å². The highest BCUT2D eigenvalue weighted by atomic mass is 35.5. The van der Waals surface area contributed by atoms with Crippen molar-refractivity contribution in [3.05, 3.63) is 75.8 Å². The number of hydrogen-bond donors (Lipinski definition) is 0. The molecule has 0 radical (unpaired) electrons. The van der Waals surface area contributed by atoms with E-state index in [1.807, 2.05) is 50.5 Å². The quantitative estimate of drug-likeness (QED) is 0.668. The third-order valence-corrected chi connectivity index (χ3v) is 4.81. The molecule has 2 nitrogen and oxygen atoms in total. The van der Waals surface area contributed by atoms with Gasteiger partial charge in [-0.15, -0.1) is 0 Å². The van der Waals surface area contributed by atoms with E-state index in [9.17, 15) is 4.79 Å². The van der Waals surface area contributed by atoms with Gasteiger partial charge >= 0.3 is 0 Å². The number of anilines is 1. The van der Waals surface area contributed by atoms with E-state index in [4.69, 9.17) is 11.6 Å². The van der Waals surface area contributed by atoms with Crippen LogP contribution in [-0.2, 0) is 4.79 Å². The second-order valence-electron chi connectivity index (χ2n) is 6.53. The lowest BCUT2D eigenvalue weighted by atomic mass is 9.87. The smallest absolute Gasteiger partial charge is 0.185 e. The van der Waals surface area contributed by atoms with Crippen molar-refractivity contribution in [2.75, 3.05) is 19.0 Å². The maximum absolute atomic E-state index is 12.8. The van der Waals surface area contributed by atoms with Gasteiger partial charge in [-0.2, -0.15) is 0 Å². The molecular weight excluding hydrogens is 330 g/mol. The van der Waals surface area contributed by atoms with Crippen LogP contribution in [0, 0.1) is 0 Å². The van der Waals surface area contributed by atoms with Crippen molar-refractivity contribution in [3.8, 4) is 0 Å². The molecule has 128 valence electrons. The predicted octanol–water partition coefficient (Wildman–Crippen LogP) is 5.63. The monoisotopic (exact) mass is 351 g/mol. The first-order valence-corrected chi connectivity index (χ1v) is 8.90. The van der Waals surface area contributed by atoms with Gasteiger partial charge in [0.15, 0.2) is 5.78 Å². The summed E-state index contributed by atoms with van der Waals surface area (Å²) in [6.45, 7) is 0. The fourth-order valence-electron chi connectivity index (χ4n) is 3.03. The Labute approximate surface area is 154 Å². The number of Topliss-reactive ketones (excluding diaryl/α,β-unsaturated/α-hetero) is 1. The van der Waals surface area contributed by atoms with Gasteiger partial charge in [-0.1, -0.05) is 41.9 Å². The SMILES string of the molecule is CN(C)c1ccc(/C=C2\CCC/C(=C\c3ccccc3Cl)C2=O)cc1. The normalized spacial score (nSPS) is 18.0. The summed E-state index contributed by atoms with van der Waals surface area (Å²) in [5.74, 6) is 0.142. The lowest BCUT2D eigenvalue weighted by Gasteiger charge is -2.17. The number of carbonyl (C=O) groups is 1. The highest BCUT2D eigenvalue weighted by molar-refractivity contribution is 6.32. The average molecular weight is 352 g/mol. The summed E-state index contributed by atoms with van der Waals surface area (Å²) in [7, 11) is 4.04. The van der Waals surface area contributed by atoms with E-state index >= 15 is 0 Å². The molecule has 0 spiro atoms. The number of carbonyl (C=O) groups excluding carboxylic acids is 1. The van der Waals surface area contributed by atoms with Gasteiger partial charge in [0, 0.05) is 36.0 Å². The largest absolute Gasteiger partial charge is 0.378 e. The lowest BCUT2D eigenvalue weighted by molar-refractivity contribution is -0.112. The van der Waals surface area contributed by atoms with Crippen LogP contribution in [0.25, 0.3) is 12.2 Å². The molecule has 0 heterocycles. The summed E-state index contributed by atoms with van der Waals surface area (Å²) >= 11 is 6.22. The first-order valence-electron chi connectivity index (χ1n) is 8.52. The summed E-state index contributed by atoms with van der Waals surface area (Å²) in [6, 6.07) is 15.9. The Hall–Kier alpha value is -2.32. The molecule has 1 saturated carbocycles. The van der Waals surface area contributed by atoms with Gasteiger partial charge < -0.3 is 4.90 Å². The molecule has 0 atom stereocenters. The van der Waals surface area contributed by atoms with E-state index in [1.54, 1.807) is 0 Å². The minimum absolute atomic E-state index is 0.142. The molecule has 3 rings (SSSR count). The van der Waals surface area contributed by atoms with Crippen LogP contribution >= 0.6 is 11.6 Å². The Morgan fingerprint density at radius 3 is 2.20 bits per heavy atom. The Morgan fingerprint density at radius 1 is 0.920 bits per heavy atom. The van der Waals surface area contributed by atoms with Gasteiger partial charge in [0.1, 0.15) is 0 Å². The zero-order valence-electron chi connectivity index (χ0n) is 14.6. The van der Waals surface area contributed by atoms with Crippen molar-refractivity contribution >= 4 is 35.2 Å². The number of ketones is 1. The molecule has 0 bridgehead atoms. The van der Waals surface area contributed by atoms with Gasteiger partial charge in [-0.25, -0.2) is 0 Å². The fourth-order valence-corrected chi connectivity index (χ4v) is 3.22. The number of benzene rings is 2. The summed E-state index contributed by atoms with van der Waals surface area (Å²) in [5, 5.41) is 0.679. The summed E-state index contributed by atoms with van der Waals surface area (Å²) in [6.07, 6.45) is 6.58. The molecule has 0 unspecified atom stereocenters. The molecule has 0 aromatic heterocycles. The molecule has 0 saturated heterocycles. The molecule has 2 aromatic rings. The van der Waals surface area contributed by atoms with Crippen LogP contribution in [-0.4, -0.2) is 19.9 Å². The predicted molar refractivity (Wildman–Crippen MR) is 107 cm³/mol. The zero-order chi connectivity index (χ0) is 17.8. The van der Waals surface area contributed by atoms with Gasteiger partial charge in [-0.3, -0.25) is 4.79 Å². The second-order valence-corrected chi connectivity index (χ2v) is 6.94. The van der Waals surface area contributed by atoms with E-state index in [0.717, 1.165) is 47.2 Å². The summed E-state index contributed by atoms with van der Waals surface area (Å²) < 4.78 is 0. The number of allylic oxidation sites excluding steroid dienone is 2. The molecule has 0 N–H and O–H groups in total. The topological polar surface area (TPSA) is 20.3 Å². The summed E-state index contributed by atoms with van der Waals surface area (Å²) in [5.41, 5.74) is 4.84. The minimum Gasteiger partial charge on any atom is -0.378 e. The van der Waals surface area contributed by atoms with E-state index < -0.39 is 0 Å². The number of halogens is 1. The lowest BCUT2D eigenvalue weighted by Crippen LogP contribution is -2.12. The van der Waals surface area contributed by atoms with E-state index in [-0.39, 0.29) is 5.78 Å². The number of hydrogen-bond acceptors (Lipinski definition) is 2. The first-order chi connectivity index (χ1) is 12.0. The van der Waals surface area contributed by atoms with Crippen LogP contribution in [0.15, 0.2) is 59.7 Å². The third kappa shape index (κ3) is 4.21. The van der Waals surface area contributed by atoms with Gasteiger partial charge in [0.05, 0.1) is 0 Å². The van der Waals surface area contributed by atoms with Crippen molar-refractivity contribution in [1.82, 2.24) is 0 Å². The second kappa shape index (κ2) is 7.71. The molecule has 3 heteroatoms. The van der Waals surface area contributed by atoms with Crippen molar-refractivity contribution in [2.24, 2.45) is 0 Å². The standard InChI is InChI=1S/C22H22ClNO/c1-24(2)20-12-10-16(11-13-20)14-18-7-5-8-19(22(18)25)15-17-6-3-4-9-21(17)23/h3-4,6,9-15H,5,7-8H2,1-2H3/b18-14+,19-15+. The fraction of sp³-hybridized carbons (Fsp3) is 0.227. The Kier molecular flexibility index (Phi) is 5.40. The maximum atomic E-state index is 12.8. The Balaban J connectivity index is 1.86. The molecule has 1 aliphatic carbocycles. The Morgan fingerprint density at radius 2 is 1.56 bits per heavy atom. The highest BCUT2D eigenvalue weighted by Gasteiger charge is 2.20. The van der Waals surface area contributed by atoms with Crippen LogP contribution < -0.4 is 4.90 Å². The molecule has 0 aliphatic heterocycles. The van der Waals surface area contributed by atoms with Crippen LogP contribution in [0.2, 0.25) is 5.02 Å². The molecule has 1 fully saturated rings. The third-order valence-electron chi connectivity index (χ3n) is 4.46. The van der Waals surface area contributed by atoms with Crippen LogP contribution in [0.5, 0.6) is 0 Å². The molecular formula is C22H22ClNO. The van der Waals surface area contributed by atoms with E-state index in [1.165, 1.54) is 0 Å². The number of rotatable bonds is 3. The van der Waals surface area contributed by atoms with E-state index in [2.05, 4.69) is 29.2 Å². The first kappa shape index (κ1) is 17.5. The van der Waals surface area contributed by atoms with E-state index in [0.29, 0.717) is 5.02 Å². The van der Waals surface area contributed by atoms with Crippen LogP contribution in [0.4, 0.5) is 5.69 Å². The maximum Gasteiger partial charge on any atom is 0.185 e. The van der Waals surface area contributed by atoms with Crippen molar-refractivity contribution < 1.29 is 4.79 Å². The van der Waals surface area contributed by atoms with Gasteiger partial charge in [0.25, 0.3) is 0 Å². The van der Waals surface area contributed by atoms with Crippen molar-refractivity contribution in [2.45, 2.75) is 19.3 Å². The zero-order valence-corrected chi connectivity index (χ0v) is 15.4. The highest BCUT2D eigenvalue weighted by Crippen LogP contribution is 2.29. The average Bonchev–Trinajstić information content (AvgIpc) is 2.61. The molecule has 2 aromatic carbocycles. The van der Waals surface area contributed by atoms with Gasteiger partial charge in [-0.05, 0) is 60.7 Å². The molecule has 0 amide bonds. The van der Waals surface area contributed by atoms with Crippen molar-refractivity contribution in [1.29, 1.82) is 0 Å². The van der Waals surface area contributed by atoms with Crippen LogP contribution in [0.1, 0.15) is 30.4 Å².